The topological polar surface area (TPSA) is 41.6 Å². The van der Waals surface area contributed by atoms with E-state index in [4.69, 9.17) is 16.3 Å². The second-order valence-electron chi connectivity index (χ2n) is 6.02. The second-order valence-corrected chi connectivity index (χ2v) is 6.43. The molecule has 0 radical (unpaired) electrons. The van der Waals surface area contributed by atoms with Crippen LogP contribution in [0.15, 0.2) is 48.5 Å². The van der Waals surface area contributed by atoms with Crippen molar-refractivity contribution in [2.24, 2.45) is 0 Å². The van der Waals surface area contributed by atoms with Gasteiger partial charge in [0.05, 0.1) is 23.3 Å². The van der Waals surface area contributed by atoms with Crippen molar-refractivity contribution in [1.82, 2.24) is 10.2 Å². The predicted molar refractivity (Wildman–Crippen MR) is 95.2 cm³/mol. The van der Waals surface area contributed by atoms with E-state index in [1.54, 1.807) is 0 Å². The molecule has 1 aliphatic rings. The Morgan fingerprint density at radius 2 is 2.04 bits per heavy atom. The average Bonchev–Trinajstić information content (AvgIpc) is 2.61. The first kappa shape index (κ1) is 17.9. The van der Waals surface area contributed by atoms with Crippen LogP contribution in [0.4, 0.5) is 4.39 Å². The van der Waals surface area contributed by atoms with Gasteiger partial charge < -0.3 is 10.1 Å². The Balaban J connectivity index is 1.53. The van der Waals surface area contributed by atoms with Crippen LogP contribution in [0.25, 0.3) is 0 Å². The fourth-order valence-electron chi connectivity index (χ4n) is 2.90. The maximum absolute atomic E-state index is 13.8. The number of carbonyl (C=O) groups is 1. The Kier molecular flexibility index (Phi) is 6.02. The highest BCUT2D eigenvalue weighted by Gasteiger charge is 2.22. The summed E-state index contributed by atoms with van der Waals surface area (Å²) in [6.45, 7) is 3.31. The number of amides is 1. The highest BCUT2D eigenvalue weighted by molar-refractivity contribution is 6.33. The summed E-state index contributed by atoms with van der Waals surface area (Å²) in [5.74, 6) is -1.15. The molecule has 132 valence electrons. The SMILES string of the molecule is O=C(NCC1CN(Cc2ccccc2)CCO1)c1c(F)cccc1Cl. The first-order chi connectivity index (χ1) is 12.1. The minimum Gasteiger partial charge on any atom is -0.374 e. The van der Waals surface area contributed by atoms with Crippen LogP contribution in [0.5, 0.6) is 0 Å². The summed E-state index contributed by atoms with van der Waals surface area (Å²) in [6.07, 6.45) is -0.132. The first-order valence-corrected chi connectivity index (χ1v) is 8.61. The highest BCUT2D eigenvalue weighted by atomic mass is 35.5. The van der Waals surface area contributed by atoms with Crippen LogP contribution in [0.2, 0.25) is 5.02 Å². The van der Waals surface area contributed by atoms with Crippen molar-refractivity contribution < 1.29 is 13.9 Å². The number of carbonyl (C=O) groups excluding carboxylic acids is 1. The van der Waals surface area contributed by atoms with E-state index in [0.717, 1.165) is 13.1 Å². The van der Waals surface area contributed by atoms with Crippen LogP contribution in [-0.4, -0.2) is 43.2 Å². The number of halogens is 2. The van der Waals surface area contributed by atoms with Gasteiger partial charge in [-0.2, -0.15) is 0 Å². The van der Waals surface area contributed by atoms with Crippen molar-refractivity contribution in [2.45, 2.75) is 12.6 Å². The maximum Gasteiger partial charge on any atom is 0.255 e. The third-order valence-electron chi connectivity index (χ3n) is 4.15. The molecular weight excluding hydrogens is 343 g/mol. The standard InChI is InChI=1S/C19H20ClFN2O2/c20-16-7-4-8-17(21)18(16)19(24)22-11-15-13-23(9-10-25-15)12-14-5-2-1-3-6-14/h1-8,15H,9-13H2,(H,22,24). The smallest absolute Gasteiger partial charge is 0.255 e. The van der Waals surface area contributed by atoms with E-state index in [2.05, 4.69) is 22.3 Å². The third kappa shape index (κ3) is 4.78. The molecule has 1 aliphatic heterocycles. The minimum atomic E-state index is -0.625. The molecule has 2 aromatic rings. The summed E-state index contributed by atoms with van der Waals surface area (Å²) in [4.78, 5) is 14.5. The molecule has 4 nitrogen and oxygen atoms in total. The molecule has 1 atom stereocenters. The van der Waals surface area contributed by atoms with Gasteiger partial charge in [0, 0.05) is 26.2 Å². The van der Waals surface area contributed by atoms with Gasteiger partial charge in [0.15, 0.2) is 0 Å². The van der Waals surface area contributed by atoms with Crippen molar-refractivity contribution in [3.63, 3.8) is 0 Å². The average molecular weight is 363 g/mol. The molecule has 0 spiro atoms. The normalized spacial score (nSPS) is 18.1. The van der Waals surface area contributed by atoms with Gasteiger partial charge in [-0.05, 0) is 17.7 Å². The number of nitrogens with zero attached hydrogens (tertiary/aromatic N) is 1. The van der Waals surface area contributed by atoms with Crippen molar-refractivity contribution in [3.05, 3.63) is 70.5 Å². The van der Waals surface area contributed by atoms with E-state index < -0.39 is 11.7 Å². The van der Waals surface area contributed by atoms with Crippen LogP contribution in [0.3, 0.4) is 0 Å². The Bertz CT molecular complexity index is 706. The molecule has 1 N–H and O–H groups in total. The molecule has 3 rings (SSSR count). The number of ether oxygens (including phenoxy) is 1. The largest absolute Gasteiger partial charge is 0.374 e. The van der Waals surface area contributed by atoms with E-state index in [1.165, 1.54) is 23.8 Å². The molecule has 0 bridgehead atoms. The summed E-state index contributed by atoms with van der Waals surface area (Å²) in [5, 5.41) is 2.82. The van der Waals surface area contributed by atoms with Gasteiger partial charge in [0.25, 0.3) is 5.91 Å². The quantitative estimate of drug-likeness (QED) is 0.888. The predicted octanol–water partition coefficient (Wildman–Crippen LogP) is 3.11. The van der Waals surface area contributed by atoms with Gasteiger partial charge in [-0.15, -0.1) is 0 Å². The molecule has 0 aromatic heterocycles. The van der Waals surface area contributed by atoms with Gasteiger partial charge in [0.1, 0.15) is 5.82 Å². The fraction of sp³-hybridized carbons (Fsp3) is 0.316. The van der Waals surface area contributed by atoms with E-state index in [1.807, 2.05) is 18.2 Å². The molecule has 1 saturated heterocycles. The summed E-state index contributed by atoms with van der Waals surface area (Å²) >= 11 is 5.92. The lowest BCUT2D eigenvalue weighted by molar-refractivity contribution is -0.0292. The number of morpholine rings is 1. The summed E-state index contributed by atoms with van der Waals surface area (Å²) < 4.78 is 19.5. The van der Waals surface area contributed by atoms with Crippen LogP contribution >= 0.6 is 11.6 Å². The molecule has 6 heteroatoms. The zero-order valence-corrected chi connectivity index (χ0v) is 14.5. The van der Waals surface area contributed by atoms with E-state index in [9.17, 15) is 9.18 Å². The molecule has 1 unspecified atom stereocenters. The fourth-order valence-corrected chi connectivity index (χ4v) is 3.15. The number of nitrogens with one attached hydrogen (secondary N) is 1. The van der Waals surface area contributed by atoms with E-state index >= 15 is 0 Å². The van der Waals surface area contributed by atoms with Crippen molar-refractivity contribution in [1.29, 1.82) is 0 Å². The van der Waals surface area contributed by atoms with Gasteiger partial charge in [0.2, 0.25) is 0 Å². The number of benzene rings is 2. The Labute approximate surface area is 151 Å². The molecule has 1 amide bonds. The lowest BCUT2D eigenvalue weighted by Gasteiger charge is -2.33. The minimum absolute atomic E-state index is 0.104. The Morgan fingerprint density at radius 1 is 1.24 bits per heavy atom. The van der Waals surface area contributed by atoms with Gasteiger partial charge in [-0.25, -0.2) is 4.39 Å². The second kappa shape index (κ2) is 8.43. The summed E-state index contributed by atoms with van der Waals surface area (Å²) in [7, 11) is 0. The number of hydrogen-bond acceptors (Lipinski definition) is 3. The zero-order chi connectivity index (χ0) is 17.6. The highest BCUT2D eigenvalue weighted by Crippen LogP contribution is 2.18. The number of rotatable bonds is 5. The molecule has 1 heterocycles. The van der Waals surface area contributed by atoms with Crippen molar-refractivity contribution >= 4 is 17.5 Å². The molecule has 25 heavy (non-hydrogen) atoms. The Morgan fingerprint density at radius 3 is 2.80 bits per heavy atom. The lowest BCUT2D eigenvalue weighted by Crippen LogP contribution is -2.47. The Hall–Kier alpha value is -1.95. The van der Waals surface area contributed by atoms with E-state index in [-0.39, 0.29) is 16.7 Å². The van der Waals surface area contributed by atoms with Gasteiger partial charge in [-0.3, -0.25) is 9.69 Å². The monoisotopic (exact) mass is 362 g/mol. The summed E-state index contributed by atoms with van der Waals surface area (Å²) in [5.41, 5.74) is 1.12. The van der Waals surface area contributed by atoms with Crippen molar-refractivity contribution in [2.75, 3.05) is 26.2 Å². The molecule has 1 fully saturated rings. The zero-order valence-electron chi connectivity index (χ0n) is 13.8. The van der Waals surface area contributed by atoms with Crippen LogP contribution in [-0.2, 0) is 11.3 Å². The summed E-state index contributed by atoms with van der Waals surface area (Å²) in [6, 6.07) is 14.4. The van der Waals surface area contributed by atoms with E-state index in [0.29, 0.717) is 19.7 Å². The van der Waals surface area contributed by atoms with Crippen LogP contribution < -0.4 is 5.32 Å². The molecule has 2 aromatic carbocycles. The van der Waals surface area contributed by atoms with Crippen molar-refractivity contribution in [3.8, 4) is 0 Å². The van der Waals surface area contributed by atoms with Crippen LogP contribution in [0, 0.1) is 5.82 Å². The lowest BCUT2D eigenvalue weighted by atomic mass is 10.1. The number of hydrogen-bond donors (Lipinski definition) is 1. The van der Waals surface area contributed by atoms with Crippen LogP contribution in [0.1, 0.15) is 15.9 Å². The molecular formula is C19H20ClFN2O2. The van der Waals surface area contributed by atoms with Gasteiger partial charge >= 0.3 is 0 Å². The molecule has 0 aliphatic carbocycles. The maximum atomic E-state index is 13.8. The third-order valence-corrected chi connectivity index (χ3v) is 4.47. The first-order valence-electron chi connectivity index (χ1n) is 8.23. The molecule has 0 saturated carbocycles. The van der Waals surface area contributed by atoms with Gasteiger partial charge in [-0.1, -0.05) is 48.0 Å².